The van der Waals surface area contributed by atoms with Crippen LogP contribution in [0, 0.1) is 0 Å². The van der Waals surface area contributed by atoms with Crippen molar-refractivity contribution in [1.82, 2.24) is 5.32 Å². The number of ether oxygens (including phenoxy) is 1. The minimum absolute atomic E-state index is 0.0778. The van der Waals surface area contributed by atoms with E-state index < -0.39 is 19.8 Å². The van der Waals surface area contributed by atoms with Crippen LogP contribution in [-0.2, 0) is 24.8 Å². The summed E-state index contributed by atoms with van der Waals surface area (Å²) in [5, 5.41) is 2.77. The maximum absolute atomic E-state index is 13.4. The average Bonchev–Trinajstić information content (AvgIpc) is 2.73. The molecule has 6 nitrogen and oxygen atoms in total. The van der Waals surface area contributed by atoms with Crippen LogP contribution in [0.3, 0.4) is 0 Å². The van der Waals surface area contributed by atoms with Crippen LogP contribution >= 0.6 is 7.60 Å². The highest BCUT2D eigenvalue weighted by Gasteiger charge is 2.31. The molecule has 0 saturated carbocycles. The topological polar surface area (TPSA) is 73.9 Å². The van der Waals surface area contributed by atoms with E-state index in [1.165, 1.54) is 0 Å². The number of benzene rings is 1. The van der Waals surface area contributed by atoms with E-state index in [0.29, 0.717) is 26.2 Å². The quantitative estimate of drug-likeness (QED) is 0.225. The summed E-state index contributed by atoms with van der Waals surface area (Å²) >= 11 is 0. The summed E-state index contributed by atoms with van der Waals surface area (Å²) < 4.78 is 30.4. The number of rotatable bonds is 17. The molecule has 0 fully saturated rings. The number of unbranched alkanes of at least 4 members (excludes halogenated alkanes) is 3. The van der Waals surface area contributed by atoms with Gasteiger partial charge in [-0.3, -0.25) is 4.57 Å². The minimum atomic E-state index is -3.35. The van der Waals surface area contributed by atoms with Crippen LogP contribution in [-0.4, -0.2) is 38.1 Å². The fraction of sp³-hybridized carbons (Fsp3) is 0.696. The predicted molar refractivity (Wildman–Crippen MR) is 122 cm³/mol. The van der Waals surface area contributed by atoms with Crippen molar-refractivity contribution in [2.24, 2.45) is 0 Å². The first-order valence-electron chi connectivity index (χ1n) is 11.4. The Labute approximate surface area is 182 Å². The fourth-order valence-corrected chi connectivity index (χ4v) is 4.66. The minimum Gasteiger partial charge on any atom is -0.446 e. The summed E-state index contributed by atoms with van der Waals surface area (Å²) in [4.78, 5) is 12.2. The number of hydrogen-bond acceptors (Lipinski definition) is 5. The van der Waals surface area contributed by atoms with E-state index in [1.54, 1.807) is 0 Å². The van der Waals surface area contributed by atoms with Gasteiger partial charge >= 0.3 is 13.7 Å². The summed E-state index contributed by atoms with van der Waals surface area (Å²) in [5.74, 6) is 0. The highest BCUT2D eigenvalue weighted by Crippen LogP contribution is 2.50. The van der Waals surface area contributed by atoms with Gasteiger partial charge in [0.05, 0.1) is 19.4 Å². The molecule has 1 unspecified atom stereocenters. The first-order valence-corrected chi connectivity index (χ1v) is 13.1. The lowest BCUT2D eigenvalue weighted by Crippen LogP contribution is -2.32. The van der Waals surface area contributed by atoms with Gasteiger partial charge in [-0.15, -0.1) is 0 Å². The van der Waals surface area contributed by atoms with Crippen molar-refractivity contribution in [1.29, 1.82) is 0 Å². The molecule has 1 aromatic carbocycles. The number of carbonyl (C=O) groups excluding carboxylic acids is 1. The van der Waals surface area contributed by atoms with Crippen molar-refractivity contribution in [3.63, 3.8) is 0 Å². The number of amides is 1. The number of alkyl carbamates (subject to hydrolysis) is 1. The lowest BCUT2D eigenvalue weighted by Gasteiger charge is -2.24. The van der Waals surface area contributed by atoms with Gasteiger partial charge in [0.1, 0.15) is 6.10 Å². The van der Waals surface area contributed by atoms with Gasteiger partial charge in [0.25, 0.3) is 0 Å². The Bertz CT molecular complexity index is 597. The third-order valence-corrected chi connectivity index (χ3v) is 6.68. The molecule has 0 saturated heterocycles. The zero-order valence-corrected chi connectivity index (χ0v) is 19.8. The normalized spacial score (nSPS) is 12.5. The molecular weight excluding hydrogens is 401 g/mol. The Hall–Kier alpha value is -1.36. The summed E-state index contributed by atoms with van der Waals surface area (Å²) in [6.07, 6.45) is 5.74. The molecule has 0 aliphatic rings. The molecule has 0 aliphatic heterocycles. The molecule has 0 heterocycles. The van der Waals surface area contributed by atoms with E-state index >= 15 is 0 Å². The molecule has 0 aromatic heterocycles. The first-order chi connectivity index (χ1) is 14.5. The monoisotopic (exact) mass is 441 g/mol. The Morgan fingerprint density at radius 1 is 0.967 bits per heavy atom. The fourth-order valence-electron chi connectivity index (χ4n) is 2.81. The van der Waals surface area contributed by atoms with Gasteiger partial charge in [-0.2, -0.15) is 0 Å². The summed E-state index contributed by atoms with van der Waals surface area (Å²) in [7, 11) is -3.35. The highest BCUT2D eigenvalue weighted by molar-refractivity contribution is 7.53. The van der Waals surface area contributed by atoms with Gasteiger partial charge < -0.3 is 19.1 Å². The molecule has 1 atom stereocenters. The molecule has 0 radical (unpaired) electrons. The lowest BCUT2D eigenvalue weighted by atomic mass is 10.1. The van der Waals surface area contributed by atoms with Gasteiger partial charge in [-0.25, -0.2) is 4.79 Å². The lowest BCUT2D eigenvalue weighted by molar-refractivity contribution is 0.0972. The molecule has 1 N–H and O–H groups in total. The third-order valence-electron chi connectivity index (χ3n) is 4.67. The molecule has 0 aliphatic carbocycles. The Balaban J connectivity index is 2.79. The molecule has 30 heavy (non-hydrogen) atoms. The van der Waals surface area contributed by atoms with Crippen LogP contribution in [0.4, 0.5) is 4.79 Å². The predicted octanol–water partition coefficient (Wildman–Crippen LogP) is 6.34. The van der Waals surface area contributed by atoms with Crippen LogP contribution < -0.4 is 5.32 Å². The van der Waals surface area contributed by atoms with Crippen molar-refractivity contribution >= 4 is 13.7 Å². The van der Waals surface area contributed by atoms with Crippen molar-refractivity contribution in [3.05, 3.63) is 35.9 Å². The summed E-state index contributed by atoms with van der Waals surface area (Å²) in [6, 6.07) is 10.0. The van der Waals surface area contributed by atoms with E-state index in [1.807, 2.05) is 30.3 Å². The van der Waals surface area contributed by atoms with Crippen LogP contribution in [0.5, 0.6) is 0 Å². The molecule has 0 spiro atoms. The molecule has 0 bridgehead atoms. The van der Waals surface area contributed by atoms with Crippen LogP contribution in [0.1, 0.15) is 71.3 Å². The molecule has 1 rings (SSSR count). The zero-order chi connectivity index (χ0) is 22.1. The molecule has 1 amide bonds. The van der Waals surface area contributed by atoms with E-state index in [0.717, 1.165) is 50.5 Å². The van der Waals surface area contributed by atoms with Crippen molar-refractivity contribution in [2.45, 2.75) is 78.2 Å². The number of nitrogens with one attached hydrogen (secondary N) is 1. The van der Waals surface area contributed by atoms with Gasteiger partial charge in [-0.1, -0.05) is 70.4 Å². The van der Waals surface area contributed by atoms with E-state index in [4.69, 9.17) is 13.8 Å². The zero-order valence-electron chi connectivity index (χ0n) is 18.9. The third kappa shape index (κ3) is 12.4. The molecular formula is C23H40NO5P. The van der Waals surface area contributed by atoms with Crippen LogP contribution in [0.15, 0.2) is 30.3 Å². The Kier molecular flexibility index (Phi) is 14.5. The largest absolute Gasteiger partial charge is 0.446 e. The maximum Gasteiger partial charge on any atom is 0.407 e. The van der Waals surface area contributed by atoms with Crippen molar-refractivity contribution in [2.75, 3.05) is 25.9 Å². The first kappa shape index (κ1) is 26.7. The summed E-state index contributed by atoms with van der Waals surface area (Å²) in [6.45, 7) is 7.50. The van der Waals surface area contributed by atoms with E-state index in [9.17, 15) is 9.36 Å². The average molecular weight is 442 g/mol. The van der Waals surface area contributed by atoms with E-state index in [-0.39, 0.29) is 6.16 Å². The molecule has 7 heteroatoms. The number of carbonyl (C=O) groups is 1. The SMILES string of the molecule is CCCCNC(=O)OC(CCc1ccccc1)CP(=O)(OCCCC)OCCCC. The van der Waals surface area contributed by atoms with Crippen molar-refractivity contribution in [3.8, 4) is 0 Å². The second-order valence-corrected chi connectivity index (χ2v) is 9.60. The Morgan fingerprint density at radius 2 is 1.57 bits per heavy atom. The standard InChI is InChI=1S/C23H40NO5P/c1-4-7-17-24-23(25)29-22(16-15-21-13-11-10-12-14-21)20-30(26,27-18-8-5-2)28-19-9-6-3/h10-14,22H,4-9,15-20H2,1-3H3,(H,24,25). The summed E-state index contributed by atoms with van der Waals surface area (Å²) in [5.41, 5.74) is 1.14. The molecule has 1 aromatic rings. The van der Waals surface area contributed by atoms with Crippen LogP contribution in [0.2, 0.25) is 0 Å². The second kappa shape index (κ2) is 16.3. The van der Waals surface area contributed by atoms with Gasteiger partial charge in [0.15, 0.2) is 0 Å². The Morgan fingerprint density at radius 3 is 2.13 bits per heavy atom. The van der Waals surface area contributed by atoms with Gasteiger partial charge in [-0.05, 0) is 37.7 Å². The molecule has 172 valence electrons. The van der Waals surface area contributed by atoms with Crippen LogP contribution in [0.25, 0.3) is 0 Å². The number of hydrogen-bond donors (Lipinski definition) is 1. The smallest absolute Gasteiger partial charge is 0.407 e. The second-order valence-electron chi connectivity index (χ2n) is 7.50. The van der Waals surface area contributed by atoms with Gasteiger partial charge in [0, 0.05) is 6.54 Å². The van der Waals surface area contributed by atoms with Gasteiger partial charge in [0.2, 0.25) is 0 Å². The highest BCUT2D eigenvalue weighted by atomic mass is 31.2. The van der Waals surface area contributed by atoms with E-state index in [2.05, 4.69) is 26.1 Å². The van der Waals surface area contributed by atoms with Crippen molar-refractivity contribution < 1.29 is 23.1 Å². The number of aryl methyl sites for hydroxylation is 1. The maximum atomic E-state index is 13.4.